The minimum absolute atomic E-state index is 0.0629. The van der Waals surface area contributed by atoms with Crippen molar-refractivity contribution in [3.05, 3.63) is 87.9 Å². The number of anilines is 2. The van der Waals surface area contributed by atoms with Crippen molar-refractivity contribution in [2.24, 2.45) is 5.92 Å². The molecule has 3 aromatic rings. The molecule has 6 rings (SSSR count). The van der Waals surface area contributed by atoms with Crippen molar-refractivity contribution in [1.29, 1.82) is 0 Å². The average Bonchev–Trinajstić information content (AvgIpc) is 3.08. The Kier molecular flexibility index (Phi) is 11.3. The predicted molar refractivity (Wildman–Crippen MR) is 200 cm³/mol. The average molecular weight is 671 g/mol. The molecule has 7 heteroatoms. The number of halogens is 1. The highest BCUT2D eigenvalue weighted by Gasteiger charge is 2.36. The Hall–Kier alpha value is -3.06. The van der Waals surface area contributed by atoms with Gasteiger partial charge in [0.1, 0.15) is 5.75 Å². The van der Waals surface area contributed by atoms with E-state index in [1.807, 2.05) is 43.0 Å². The fourth-order valence-corrected chi connectivity index (χ4v) is 8.26. The second kappa shape index (κ2) is 15.7. The van der Waals surface area contributed by atoms with Gasteiger partial charge in [0.2, 0.25) is 5.91 Å². The smallest absolute Gasteiger partial charge is 0.232 e. The number of piperazine rings is 1. The van der Waals surface area contributed by atoms with Gasteiger partial charge in [-0.05, 0) is 130 Å². The number of ether oxygens (including phenoxy) is 1. The second-order valence-electron chi connectivity index (χ2n) is 14.7. The molecule has 48 heavy (non-hydrogen) atoms. The molecule has 0 aromatic heterocycles. The molecule has 0 bridgehead atoms. The van der Waals surface area contributed by atoms with E-state index in [1.165, 1.54) is 76.9 Å². The fraction of sp³-hybridized carbons (Fsp3) is 0.537. The van der Waals surface area contributed by atoms with Gasteiger partial charge < -0.3 is 19.4 Å². The third-order valence-corrected chi connectivity index (χ3v) is 11.1. The number of aryl methyl sites for hydroxylation is 1. The van der Waals surface area contributed by atoms with Crippen LogP contribution in [-0.4, -0.2) is 74.2 Å². The minimum Gasteiger partial charge on any atom is -0.491 e. The third-order valence-electron chi connectivity index (χ3n) is 10.8. The van der Waals surface area contributed by atoms with E-state index in [0.717, 1.165) is 52.2 Å². The Morgan fingerprint density at radius 3 is 2.27 bits per heavy atom. The molecule has 2 heterocycles. The zero-order valence-corrected chi connectivity index (χ0v) is 30.5. The van der Waals surface area contributed by atoms with Crippen molar-refractivity contribution < 1.29 is 9.53 Å². The molecule has 0 N–H and O–H groups in total. The van der Waals surface area contributed by atoms with Crippen molar-refractivity contribution in [1.82, 2.24) is 9.80 Å². The predicted octanol–water partition coefficient (Wildman–Crippen LogP) is 8.53. The highest BCUT2D eigenvalue weighted by molar-refractivity contribution is 6.30. The van der Waals surface area contributed by atoms with Gasteiger partial charge in [-0.15, -0.1) is 0 Å². The standard InChI is InChI=1S/C41H55ClN4O2/c1-6-7-20-44-21-23-45(24-22-44)36-14-8-31(9-15-36)28-43(5)35-16-18-37(19-17-35)46-40(47)26-33-25-30(4)39(48-29(2)3)27-38(33)41(46)32-10-12-34(42)13-11-32/h10-13,16-19,25,27,29,31,36,41H,6-9,14-15,20-24,26,28H2,1-5H3/t31?,36?,41-/m0/s1. The first-order valence-electron chi connectivity index (χ1n) is 18.3. The zero-order valence-electron chi connectivity index (χ0n) is 29.8. The Morgan fingerprint density at radius 1 is 0.938 bits per heavy atom. The minimum atomic E-state index is -0.272. The van der Waals surface area contributed by atoms with Gasteiger partial charge in [-0.1, -0.05) is 43.1 Å². The van der Waals surface area contributed by atoms with Crippen LogP contribution in [0.5, 0.6) is 5.75 Å². The van der Waals surface area contributed by atoms with E-state index in [1.54, 1.807) is 0 Å². The lowest BCUT2D eigenvalue weighted by atomic mass is 9.84. The number of unbranched alkanes of at least 4 members (excludes halogenated alkanes) is 1. The largest absolute Gasteiger partial charge is 0.491 e. The molecule has 0 unspecified atom stereocenters. The van der Waals surface area contributed by atoms with Crippen molar-refractivity contribution in [3.63, 3.8) is 0 Å². The summed E-state index contributed by atoms with van der Waals surface area (Å²) in [6, 6.07) is 21.3. The van der Waals surface area contributed by atoms with Crippen LogP contribution in [0.15, 0.2) is 60.7 Å². The summed E-state index contributed by atoms with van der Waals surface area (Å²) in [4.78, 5) is 23.7. The van der Waals surface area contributed by atoms with Crippen LogP contribution < -0.4 is 14.5 Å². The molecule has 3 aliphatic rings. The molecule has 1 saturated heterocycles. The summed E-state index contributed by atoms with van der Waals surface area (Å²) in [7, 11) is 2.22. The van der Waals surface area contributed by atoms with Gasteiger partial charge in [-0.2, -0.15) is 0 Å². The Morgan fingerprint density at radius 2 is 1.62 bits per heavy atom. The van der Waals surface area contributed by atoms with E-state index >= 15 is 0 Å². The molecular weight excluding hydrogens is 616 g/mol. The SMILES string of the molecule is CCCCN1CCN(C2CCC(CN(C)c3ccc(N4C(=O)Cc5cc(C)c(OC(C)C)cc5[C@@H]4c4ccc(Cl)cc4)cc3)CC2)CC1. The van der Waals surface area contributed by atoms with Crippen LogP contribution in [0, 0.1) is 12.8 Å². The van der Waals surface area contributed by atoms with Crippen LogP contribution in [0.3, 0.4) is 0 Å². The Balaban J connectivity index is 1.13. The normalized spacial score (nSPS) is 22.2. The first-order chi connectivity index (χ1) is 23.2. The van der Waals surface area contributed by atoms with Crippen LogP contribution in [-0.2, 0) is 11.2 Å². The summed E-state index contributed by atoms with van der Waals surface area (Å²) >= 11 is 6.31. The Bertz CT molecular complexity index is 1510. The molecule has 1 atom stereocenters. The number of nitrogens with zero attached hydrogens (tertiary/aromatic N) is 4. The molecule has 6 nitrogen and oxygen atoms in total. The summed E-state index contributed by atoms with van der Waals surface area (Å²) in [5.74, 6) is 1.68. The van der Waals surface area contributed by atoms with E-state index < -0.39 is 0 Å². The van der Waals surface area contributed by atoms with Gasteiger partial charge in [0.15, 0.2) is 0 Å². The van der Waals surface area contributed by atoms with Gasteiger partial charge in [0.05, 0.1) is 18.6 Å². The van der Waals surface area contributed by atoms with Crippen LogP contribution in [0.4, 0.5) is 11.4 Å². The van der Waals surface area contributed by atoms with Crippen LogP contribution in [0.1, 0.15) is 87.6 Å². The van der Waals surface area contributed by atoms with Crippen molar-refractivity contribution in [3.8, 4) is 5.75 Å². The van der Waals surface area contributed by atoms with E-state index in [4.69, 9.17) is 16.3 Å². The van der Waals surface area contributed by atoms with Gasteiger partial charge >= 0.3 is 0 Å². The van der Waals surface area contributed by atoms with E-state index in [0.29, 0.717) is 11.4 Å². The fourth-order valence-electron chi connectivity index (χ4n) is 8.14. The van der Waals surface area contributed by atoms with Crippen LogP contribution >= 0.6 is 11.6 Å². The number of rotatable bonds is 11. The van der Waals surface area contributed by atoms with Crippen LogP contribution in [0.2, 0.25) is 5.02 Å². The number of hydrogen-bond donors (Lipinski definition) is 0. The number of benzene rings is 3. The van der Waals surface area contributed by atoms with Gasteiger partial charge in [-0.25, -0.2) is 0 Å². The quantitative estimate of drug-likeness (QED) is 0.205. The second-order valence-corrected chi connectivity index (χ2v) is 15.1. The maximum atomic E-state index is 13.9. The van der Waals surface area contributed by atoms with Gasteiger partial charge in [0.25, 0.3) is 0 Å². The molecular formula is C41H55ClN4O2. The van der Waals surface area contributed by atoms with Crippen molar-refractivity contribution in [2.75, 3.05) is 56.1 Å². The number of fused-ring (bicyclic) bond motifs is 1. The Labute approximate surface area is 294 Å². The summed E-state index contributed by atoms with van der Waals surface area (Å²) in [5, 5.41) is 0.682. The highest BCUT2D eigenvalue weighted by Crippen LogP contribution is 2.42. The lowest BCUT2D eigenvalue weighted by Gasteiger charge is -2.42. The maximum Gasteiger partial charge on any atom is 0.232 e. The summed E-state index contributed by atoms with van der Waals surface area (Å²) in [6.45, 7) is 15.7. The monoisotopic (exact) mass is 670 g/mol. The first kappa shape index (κ1) is 34.8. The first-order valence-corrected chi connectivity index (χ1v) is 18.7. The number of carbonyl (C=O) groups is 1. The molecule has 2 aliphatic heterocycles. The molecule has 0 radical (unpaired) electrons. The number of hydrogen-bond acceptors (Lipinski definition) is 5. The lowest BCUT2D eigenvalue weighted by molar-refractivity contribution is -0.118. The van der Waals surface area contributed by atoms with Crippen LogP contribution in [0.25, 0.3) is 0 Å². The molecule has 258 valence electrons. The highest BCUT2D eigenvalue weighted by atomic mass is 35.5. The lowest BCUT2D eigenvalue weighted by Crippen LogP contribution is -2.51. The summed E-state index contributed by atoms with van der Waals surface area (Å²) in [6.07, 6.45) is 8.28. The topological polar surface area (TPSA) is 39.3 Å². The number of carbonyl (C=O) groups excluding carboxylic acids is 1. The molecule has 3 aromatic carbocycles. The van der Waals surface area contributed by atoms with Crippen molar-refractivity contribution >= 4 is 28.9 Å². The molecule has 1 amide bonds. The van der Waals surface area contributed by atoms with Crippen molar-refractivity contribution in [2.45, 2.75) is 90.8 Å². The number of amides is 1. The van der Waals surface area contributed by atoms with E-state index in [-0.39, 0.29) is 18.1 Å². The summed E-state index contributed by atoms with van der Waals surface area (Å²) in [5.41, 5.74) is 6.35. The molecule has 0 spiro atoms. The van der Waals surface area contributed by atoms with Gasteiger partial charge in [0, 0.05) is 62.2 Å². The van der Waals surface area contributed by atoms with E-state index in [9.17, 15) is 4.79 Å². The van der Waals surface area contributed by atoms with E-state index in [2.05, 4.69) is 72.0 Å². The molecule has 2 fully saturated rings. The molecule has 1 saturated carbocycles. The summed E-state index contributed by atoms with van der Waals surface area (Å²) < 4.78 is 6.20. The zero-order chi connectivity index (χ0) is 33.8. The maximum absolute atomic E-state index is 13.9. The third kappa shape index (κ3) is 8.04. The molecule has 1 aliphatic carbocycles. The van der Waals surface area contributed by atoms with Gasteiger partial charge in [-0.3, -0.25) is 9.69 Å².